The molecule has 140 valence electrons. The van der Waals surface area contributed by atoms with Gasteiger partial charge in [-0.1, -0.05) is 18.2 Å². The van der Waals surface area contributed by atoms with Crippen molar-refractivity contribution in [1.29, 1.82) is 0 Å². The highest BCUT2D eigenvalue weighted by Gasteiger charge is 2.22. The van der Waals surface area contributed by atoms with Crippen molar-refractivity contribution in [3.63, 3.8) is 0 Å². The molecule has 0 aliphatic carbocycles. The Bertz CT molecular complexity index is 765. The first-order valence-corrected chi connectivity index (χ1v) is 8.84. The quantitative estimate of drug-likeness (QED) is 0.818. The van der Waals surface area contributed by atoms with Crippen molar-refractivity contribution in [1.82, 2.24) is 9.80 Å². The SMILES string of the molecule is COc1ccc2cc(CN3CCOC(CN(C)CC(=O)O)C3)ccc2c1. The third-order valence-electron chi connectivity index (χ3n) is 4.66. The Morgan fingerprint density at radius 3 is 2.85 bits per heavy atom. The third kappa shape index (κ3) is 4.94. The fourth-order valence-corrected chi connectivity index (χ4v) is 3.43. The van der Waals surface area contributed by atoms with E-state index in [0.717, 1.165) is 25.4 Å². The van der Waals surface area contributed by atoms with Crippen LogP contribution in [0.2, 0.25) is 0 Å². The second-order valence-corrected chi connectivity index (χ2v) is 6.87. The molecule has 2 aromatic rings. The molecule has 0 saturated carbocycles. The van der Waals surface area contributed by atoms with Gasteiger partial charge in [0.15, 0.2) is 0 Å². The molecule has 1 unspecified atom stereocenters. The van der Waals surface area contributed by atoms with Crippen molar-refractivity contribution in [3.8, 4) is 5.75 Å². The standard InChI is InChI=1S/C20H26N2O4/c1-21(14-20(23)24)12-19-13-22(7-8-26-19)11-15-3-4-17-10-18(25-2)6-5-16(17)9-15/h3-6,9-10,19H,7-8,11-14H2,1-2H3,(H,23,24). The molecule has 0 aromatic heterocycles. The second-order valence-electron chi connectivity index (χ2n) is 6.87. The lowest BCUT2D eigenvalue weighted by Crippen LogP contribution is -2.47. The van der Waals surface area contributed by atoms with E-state index in [1.165, 1.54) is 16.3 Å². The topological polar surface area (TPSA) is 62.2 Å². The summed E-state index contributed by atoms with van der Waals surface area (Å²) in [6.45, 7) is 3.90. The van der Waals surface area contributed by atoms with E-state index in [4.69, 9.17) is 14.6 Å². The van der Waals surface area contributed by atoms with Gasteiger partial charge >= 0.3 is 5.97 Å². The van der Waals surface area contributed by atoms with Crippen molar-refractivity contribution in [2.45, 2.75) is 12.6 Å². The number of methoxy groups -OCH3 is 1. The zero-order valence-electron chi connectivity index (χ0n) is 15.4. The van der Waals surface area contributed by atoms with Gasteiger partial charge in [-0.25, -0.2) is 0 Å². The number of aliphatic carboxylic acids is 1. The summed E-state index contributed by atoms with van der Waals surface area (Å²) >= 11 is 0. The van der Waals surface area contributed by atoms with E-state index in [1.54, 1.807) is 12.0 Å². The van der Waals surface area contributed by atoms with E-state index in [1.807, 2.05) is 19.2 Å². The van der Waals surface area contributed by atoms with Crippen LogP contribution in [0.3, 0.4) is 0 Å². The highest BCUT2D eigenvalue weighted by Crippen LogP contribution is 2.23. The van der Waals surface area contributed by atoms with Crippen LogP contribution in [0.4, 0.5) is 0 Å². The number of carboxylic acids is 1. The number of carboxylic acid groups (broad SMARTS) is 1. The normalized spacial score (nSPS) is 18.3. The van der Waals surface area contributed by atoms with E-state index < -0.39 is 5.97 Å². The lowest BCUT2D eigenvalue weighted by atomic mass is 10.1. The number of carbonyl (C=O) groups is 1. The lowest BCUT2D eigenvalue weighted by molar-refractivity contribution is -0.138. The summed E-state index contributed by atoms with van der Waals surface area (Å²) in [5, 5.41) is 11.3. The summed E-state index contributed by atoms with van der Waals surface area (Å²) in [5.74, 6) is 0.0553. The maximum Gasteiger partial charge on any atom is 0.317 e. The van der Waals surface area contributed by atoms with Gasteiger partial charge in [0.1, 0.15) is 5.75 Å². The molecule has 0 spiro atoms. The number of hydrogen-bond acceptors (Lipinski definition) is 5. The first-order valence-electron chi connectivity index (χ1n) is 8.84. The monoisotopic (exact) mass is 358 g/mol. The Morgan fingerprint density at radius 2 is 2.08 bits per heavy atom. The zero-order chi connectivity index (χ0) is 18.5. The summed E-state index contributed by atoms with van der Waals surface area (Å²) in [7, 11) is 3.49. The molecule has 1 N–H and O–H groups in total. The molecule has 1 aliphatic heterocycles. The predicted octanol–water partition coefficient (Wildman–Crippen LogP) is 2.07. The zero-order valence-corrected chi connectivity index (χ0v) is 15.4. The molecule has 6 heteroatoms. The maximum atomic E-state index is 10.8. The van der Waals surface area contributed by atoms with Crippen LogP contribution in [-0.4, -0.2) is 73.9 Å². The second kappa shape index (κ2) is 8.49. The number of nitrogens with zero attached hydrogens (tertiary/aromatic N) is 2. The molecule has 1 fully saturated rings. The molecule has 1 aliphatic rings. The van der Waals surface area contributed by atoms with Crippen LogP contribution in [0.5, 0.6) is 5.75 Å². The minimum absolute atomic E-state index is 0.0357. The maximum absolute atomic E-state index is 10.8. The molecule has 0 bridgehead atoms. The summed E-state index contributed by atoms with van der Waals surface area (Å²) in [6, 6.07) is 12.6. The first kappa shape index (κ1) is 18.6. The molecule has 26 heavy (non-hydrogen) atoms. The molecule has 6 nitrogen and oxygen atoms in total. The largest absolute Gasteiger partial charge is 0.497 e. The Morgan fingerprint density at radius 1 is 1.31 bits per heavy atom. The Balaban J connectivity index is 1.61. The van der Waals surface area contributed by atoms with Crippen LogP contribution in [0.25, 0.3) is 10.8 Å². The van der Waals surface area contributed by atoms with Crippen molar-refractivity contribution in [2.75, 3.05) is 46.9 Å². The van der Waals surface area contributed by atoms with E-state index in [9.17, 15) is 4.79 Å². The van der Waals surface area contributed by atoms with Crippen molar-refractivity contribution in [3.05, 3.63) is 42.0 Å². The van der Waals surface area contributed by atoms with Gasteiger partial charge in [-0.05, 0) is 41.6 Å². The third-order valence-corrected chi connectivity index (χ3v) is 4.66. The number of benzene rings is 2. The fourth-order valence-electron chi connectivity index (χ4n) is 3.43. The lowest BCUT2D eigenvalue weighted by Gasteiger charge is -2.34. The molecule has 0 radical (unpaired) electrons. The minimum Gasteiger partial charge on any atom is -0.497 e. The van der Waals surface area contributed by atoms with Gasteiger partial charge < -0.3 is 14.6 Å². The van der Waals surface area contributed by atoms with Crippen molar-refractivity contribution >= 4 is 16.7 Å². The number of fused-ring (bicyclic) bond motifs is 1. The number of rotatable bonds is 7. The van der Waals surface area contributed by atoms with Crippen molar-refractivity contribution in [2.24, 2.45) is 0 Å². The van der Waals surface area contributed by atoms with Crippen LogP contribution >= 0.6 is 0 Å². The summed E-state index contributed by atoms with van der Waals surface area (Å²) < 4.78 is 11.1. The molecule has 1 atom stereocenters. The van der Waals surface area contributed by atoms with Gasteiger partial charge in [0, 0.05) is 26.2 Å². The van der Waals surface area contributed by atoms with E-state index in [2.05, 4.69) is 29.2 Å². The number of hydrogen-bond donors (Lipinski definition) is 1. The van der Waals surface area contributed by atoms with Crippen LogP contribution in [-0.2, 0) is 16.1 Å². The van der Waals surface area contributed by atoms with Gasteiger partial charge in [0.05, 0.1) is 26.4 Å². The highest BCUT2D eigenvalue weighted by molar-refractivity contribution is 5.84. The Labute approximate surface area is 153 Å². The summed E-state index contributed by atoms with van der Waals surface area (Å²) in [6.07, 6.45) is 0.0396. The fraction of sp³-hybridized carbons (Fsp3) is 0.450. The van der Waals surface area contributed by atoms with Gasteiger partial charge in [-0.2, -0.15) is 0 Å². The average Bonchev–Trinajstić information content (AvgIpc) is 2.60. The van der Waals surface area contributed by atoms with Gasteiger partial charge in [0.2, 0.25) is 0 Å². The first-order chi connectivity index (χ1) is 12.5. The van der Waals surface area contributed by atoms with Gasteiger partial charge in [0.25, 0.3) is 0 Å². The average molecular weight is 358 g/mol. The Kier molecular flexibility index (Phi) is 6.08. The van der Waals surface area contributed by atoms with E-state index >= 15 is 0 Å². The van der Waals surface area contributed by atoms with Crippen molar-refractivity contribution < 1.29 is 19.4 Å². The van der Waals surface area contributed by atoms with E-state index in [0.29, 0.717) is 13.2 Å². The molecular formula is C20H26N2O4. The Hall–Kier alpha value is -2.15. The highest BCUT2D eigenvalue weighted by atomic mass is 16.5. The molecule has 1 saturated heterocycles. The van der Waals surface area contributed by atoms with Crippen LogP contribution in [0.15, 0.2) is 36.4 Å². The smallest absolute Gasteiger partial charge is 0.317 e. The van der Waals surface area contributed by atoms with Gasteiger partial charge in [-0.3, -0.25) is 14.6 Å². The molecule has 1 heterocycles. The predicted molar refractivity (Wildman–Crippen MR) is 101 cm³/mol. The summed E-state index contributed by atoms with van der Waals surface area (Å²) in [5.41, 5.74) is 1.27. The van der Waals surface area contributed by atoms with Crippen LogP contribution in [0.1, 0.15) is 5.56 Å². The van der Waals surface area contributed by atoms with Gasteiger partial charge in [-0.15, -0.1) is 0 Å². The molecule has 0 amide bonds. The molecular weight excluding hydrogens is 332 g/mol. The number of ether oxygens (including phenoxy) is 2. The van der Waals surface area contributed by atoms with E-state index in [-0.39, 0.29) is 12.6 Å². The summed E-state index contributed by atoms with van der Waals surface area (Å²) in [4.78, 5) is 15.0. The minimum atomic E-state index is -0.812. The van der Waals surface area contributed by atoms with Crippen LogP contribution < -0.4 is 4.74 Å². The number of likely N-dealkylation sites (N-methyl/N-ethyl adjacent to an activating group) is 1. The number of morpholine rings is 1. The molecule has 2 aromatic carbocycles. The molecule has 3 rings (SSSR count). The van der Waals surface area contributed by atoms with Crippen LogP contribution in [0, 0.1) is 0 Å².